The lowest BCUT2D eigenvalue weighted by Crippen LogP contribution is -2.36. The Kier molecular flexibility index (Phi) is 5.54. The average Bonchev–Trinajstić information content (AvgIpc) is 2.36. The SMILES string of the molecule is Cc1cc(NC(=O)NCCCNC(=O)C2CCC2)ccn1. The molecule has 1 fully saturated rings. The first kappa shape index (κ1) is 15.3. The fourth-order valence-electron chi connectivity index (χ4n) is 2.12. The lowest BCUT2D eigenvalue weighted by molar-refractivity contribution is -0.127. The zero-order valence-corrected chi connectivity index (χ0v) is 12.3. The van der Waals surface area contributed by atoms with Gasteiger partial charge in [0.2, 0.25) is 5.91 Å². The summed E-state index contributed by atoms with van der Waals surface area (Å²) in [6.45, 7) is 3.00. The molecule has 1 aromatic heterocycles. The lowest BCUT2D eigenvalue weighted by atomic mass is 9.85. The number of rotatable bonds is 6. The van der Waals surface area contributed by atoms with E-state index >= 15 is 0 Å². The monoisotopic (exact) mass is 290 g/mol. The van der Waals surface area contributed by atoms with E-state index in [9.17, 15) is 9.59 Å². The van der Waals surface area contributed by atoms with Gasteiger partial charge in [-0.2, -0.15) is 0 Å². The molecule has 1 aliphatic rings. The van der Waals surface area contributed by atoms with Crippen molar-refractivity contribution in [2.75, 3.05) is 18.4 Å². The highest BCUT2D eigenvalue weighted by atomic mass is 16.2. The van der Waals surface area contributed by atoms with E-state index in [1.807, 2.05) is 6.92 Å². The molecule has 21 heavy (non-hydrogen) atoms. The summed E-state index contributed by atoms with van der Waals surface area (Å²) in [6.07, 6.45) is 5.56. The molecule has 6 heteroatoms. The van der Waals surface area contributed by atoms with Crippen LogP contribution in [0.1, 0.15) is 31.4 Å². The molecule has 0 unspecified atom stereocenters. The fourth-order valence-corrected chi connectivity index (χ4v) is 2.12. The van der Waals surface area contributed by atoms with Crippen LogP contribution >= 0.6 is 0 Å². The van der Waals surface area contributed by atoms with Crippen LogP contribution in [0.2, 0.25) is 0 Å². The Balaban J connectivity index is 1.55. The molecule has 0 spiro atoms. The van der Waals surface area contributed by atoms with E-state index in [4.69, 9.17) is 0 Å². The summed E-state index contributed by atoms with van der Waals surface area (Å²) in [4.78, 5) is 27.3. The first-order chi connectivity index (χ1) is 10.1. The molecule has 3 amide bonds. The highest BCUT2D eigenvalue weighted by Crippen LogP contribution is 2.25. The summed E-state index contributed by atoms with van der Waals surface area (Å²) >= 11 is 0. The van der Waals surface area contributed by atoms with Gasteiger partial charge in [-0.15, -0.1) is 0 Å². The molecule has 0 atom stereocenters. The van der Waals surface area contributed by atoms with Gasteiger partial charge in [0.05, 0.1) is 0 Å². The standard InChI is InChI=1S/C15H22N4O2/c1-11-10-13(6-9-16-11)19-15(21)18-8-3-7-17-14(20)12-4-2-5-12/h6,9-10,12H,2-5,7-8H2,1H3,(H,17,20)(H2,16,18,19,21). The maximum Gasteiger partial charge on any atom is 0.319 e. The van der Waals surface area contributed by atoms with Crippen molar-refractivity contribution in [2.45, 2.75) is 32.6 Å². The van der Waals surface area contributed by atoms with Crippen molar-refractivity contribution < 1.29 is 9.59 Å². The minimum Gasteiger partial charge on any atom is -0.356 e. The molecular weight excluding hydrogens is 268 g/mol. The molecule has 1 aromatic rings. The van der Waals surface area contributed by atoms with Crippen molar-refractivity contribution in [2.24, 2.45) is 5.92 Å². The third-order valence-electron chi connectivity index (χ3n) is 3.57. The number of aromatic nitrogens is 1. The largest absolute Gasteiger partial charge is 0.356 e. The predicted molar refractivity (Wildman–Crippen MR) is 81.0 cm³/mol. The normalized spacial score (nSPS) is 14.1. The zero-order chi connectivity index (χ0) is 15.1. The Morgan fingerprint density at radius 1 is 1.29 bits per heavy atom. The minimum atomic E-state index is -0.245. The Labute approximate surface area is 124 Å². The van der Waals surface area contributed by atoms with E-state index in [1.54, 1.807) is 18.3 Å². The summed E-state index contributed by atoms with van der Waals surface area (Å²) in [6, 6.07) is 3.30. The number of nitrogens with zero attached hydrogens (tertiary/aromatic N) is 1. The van der Waals surface area contributed by atoms with E-state index in [0.717, 1.165) is 37.1 Å². The molecule has 1 heterocycles. The van der Waals surface area contributed by atoms with Crippen molar-refractivity contribution in [1.29, 1.82) is 0 Å². The van der Waals surface area contributed by atoms with Crippen molar-refractivity contribution >= 4 is 17.6 Å². The second-order valence-corrected chi connectivity index (χ2v) is 5.34. The molecule has 0 radical (unpaired) electrons. The second-order valence-electron chi connectivity index (χ2n) is 5.34. The van der Waals surface area contributed by atoms with Gasteiger partial charge in [-0.05, 0) is 38.3 Å². The van der Waals surface area contributed by atoms with E-state index in [1.165, 1.54) is 0 Å². The third-order valence-corrected chi connectivity index (χ3v) is 3.57. The topological polar surface area (TPSA) is 83.1 Å². The van der Waals surface area contributed by atoms with E-state index in [-0.39, 0.29) is 17.9 Å². The molecule has 1 saturated carbocycles. The van der Waals surface area contributed by atoms with Crippen LogP contribution in [0, 0.1) is 12.8 Å². The van der Waals surface area contributed by atoms with Crippen LogP contribution in [0.5, 0.6) is 0 Å². The lowest BCUT2D eigenvalue weighted by Gasteiger charge is -2.23. The number of anilines is 1. The van der Waals surface area contributed by atoms with Crippen molar-refractivity contribution in [3.8, 4) is 0 Å². The molecule has 114 valence electrons. The Bertz CT molecular complexity index is 500. The number of amides is 3. The summed E-state index contributed by atoms with van der Waals surface area (Å²) in [7, 11) is 0. The van der Waals surface area contributed by atoms with Gasteiger partial charge < -0.3 is 16.0 Å². The molecule has 0 aromatic carbocycles. The Morgan fingerprint density at radius 2 is 2.05 bits per heavy atom. The van der Waals surface area contributed by atoms with Crippen molar-refractivity contribution in [3.05, 3.63) is 24.0 Å². The van der Waals surface area contributed by atoms with E-state index < -0.39 is 0 Å². The highest BCUT2D eigenvalue weighted by Gasteiger charge is 2.24. The average molecular weight is 290 g/mol. The van der Waals surface area contributed by atoms with Crippen LogP contribution in [-0.4, -0.2) is 30.0 Å². The van der Waals surface area contributed by atoms with Crippen LogP contribution in [-0.2, 0) is 4.79 Å². The van der Waals surface area contributed by atoms with Gasteiger partial charge in [0.1, 0.15) is 0 Å². The Morgan fingerprint density at radius 3 is 2.71 bits per heavy atom. The number of nitrogens with one attached hydrogen (secondary N) is 3. The number of aryl methyl sites for hydroxylation is 1. The first-order valence-corrected chi connectivity index (χ1v) is 7.40. The van der Waals surface area contributed by atoms with Crippen LogP contribution in [0.15, 0.2) is 18.3 Å². The van der Waals surface area contributed by atoms with Crippen LogP contribution in [0.3, 0.4) is 0 Å². The number of carbonyl (C=O) groups excluding carboxylic acids is 2. The van der Waals surface area contributed by atoms with Gasteiger partial charge in [0, 0.05) is 36.6 Å². The van der Waals surface area contributed by atoms with Gasteiger partial charge >= 0.3 is 6.03 Å². The maximum atomic E-state index is 11.7. The first-order valence-electron chi connectivity index (χ1n) is 7.40. The van der Waals surface area contributed by atoms with Gasteiger partial charge in [-0.3, -0.25) is 9.78 Å². The number of hydrogen-bond acceptors (Lipinski definition) is 3. The van der Waals surface area contributed by atoms with E-state index in [0.29, 0.717) is 13.1 Å². The zero-order valence-electron chi connectivity index (χ0n) is 12.3. The molecule has 3 N–H and O–H groups in total. The maximum absolute atomic E-state index is 11.7. The summed E-state index contributed by atoms with van der Waals surface area (Å²) in [5.74, 6) is 0.370. The van der Waals surface area contributed by atoms with Crippen LogP contribution < -0.4 is 16.0 Å². The number of hydrogen-bond donors (Lipinski definition) is 3. The smallest absolute Gasteiger partial charge is 0.319 e. The van der Waals surface area contributed by atoms with E-state index in [2.05, 4.69) is 20.9 Å². The summed E-state index contributed by atoms with van der Waals surface area (Å²) in [5, 5.41) is 8.40. The van der Waals surface area contributed by atoms with Gasteiger partial charge in [0.15, 0.2) is 0 Å². The molecule has 2 rings (SSSR count). The molecule has 1 aliphatic carbocycles. The quantitative estimate of drug-likeness (QED) is 0.699. The van der Waals surface area contributed by atoms with Gasteiger partial charge in [-0.25, -0.2) is 4.79 Å². The third kappa shape index (κ3) is 5.06. The van der Waals surface area contributed by atoms with Gasteiger partial charge in [-0.1, -0.05) is 6.42 Å². The van der Waals surface area contributed by atoms with Crippen molar-refractivity contribution in [1.82, 2.24) is 15.6 Å². The number of carbonyl (C=O) groups is 2. The second kappa shape index (κ2) is 7.61. The molecular formula is C15H22N4O2. The Hall–Kier alpha value is -2.11. The molecule has 0 saturated heterocycles. The van der Waals surface area contributed by atoms with Crippen LogP contribution in [0.25, 0.3) is 0 Å². The number of pyridine rings is 1. The summed E-state index contributed by atoms with van der Waals surface area (Å²) < 4.78 is 0. The molecule has 0 aliphatic heterocycles. The highest BCUT2D eigenvalue weighted by molar-refractivity contribution is 5.89. The predicted octanol–water partition coefficient (Wildman–Crippen LogP) is 1.82. The van der Waals surface area contributed by atoms with Crippen molar-refractivity contribution in [3.63, 3.8) is 0 Å². The fraction of sp³-hybridized carbons (Fsp3) is 0.533. The van der Waals surface area contributed by atoms with Gasteiger partial charge in [0.25, 0.3) is 0 Å². The van der Waals surface area contributed by atoms with Crippen LogP contribution in [0.4, 0.5) is 10.5 Å². The summed E-state index contributed by atoms with van der Waals surface area (Å²) in [5.41, 5.74) is 1.57. The molecule has 0 bridgehead atoms. The number of urea groups is 1. The minimum absolute atomic E-state index is 0.151. The molecule has 6 nitrogen and oxygen atoms in total.